The molecule has 4 atom stereocenters. The molecule has 1 aromatic carbocycles. The summed E-state index contributed by atoms with van der Waals surface area (Å²) in [4.78, 5) is 13.9. The molecule has 2 heterocycles. The second-order valence-corrected chi connectivity index (χ2v) is 6.68. The highest BCUT2D eigenvalue weighted by Crippen LogP contribution is 2.64. The lowest BCUT2D eigenvalue weighted by Crippen LogP contribution is -2.76. The number of nitrogens with zero attached hydrogens (tertiary/aromatic N) is 1. The van der Waals surface area contributed by atoms with Crippen molar-refractivity contribution in [3.63, 3.8) is 0 Å². The fourth-order valence-corrected chi connectivity index (χ4v) is 4.98. The molecule has 5 rings (SSSR count). The van der Waals surface area contributed by atoms with Crippen LogP contribution in [-0.2, 0) is 16.6 Å². The van der Waals surface area contributed by atoms with Crippen molar-refractivity contribution in [1.29, 1.82) is 0 Å². The van der Waals surface area contributed by atoms with Crippen molar-refractivity contribution < 1.29 is 31.7 Å². The molecule has 23 heavy (non-hydrogen) atoms. The molecule has 0 radical (unpaired) electrons. The number of likely N-dealkylation sites (tertiary alicyclic amines) is 1. The lowest BCUT2D eigenvalue weighted by molar-refractivity contribution is -0.185. The molecule has 0 amide bonds. The molecule has 1 saturated carbocycles. The third kappa shape index (κ3) is 1.32. The molecule has 1 aromatic rings. The predicted molar refractivity (Wildman–Crippen MR) is 83.0 cm³/mol. The number of benzene rings is 1. The van der Waals surface area contributed by atoms with E-state index in [1.54, 1.807) is 0 Å². The molecule has 2 fully saturated rings. The monoisotopic (exact) mass is 324 g/mol. The summed E-state index contributed by atoms with van der Waals surface area (Å²) < 4.78 is 83.2. The van der Waals surface area contributed by atoms with Crippen LogP contribution in [0.4, 0.5) is 0 Å². The first-order valence-corrected chi connectivity index (χ1v) is 7.63. The number of carbonyl (C=O) groups excluding carboxylic acids is 1. The van der Waals surface area contributed by atoms with Gasteiger partial charge < -0.3 is 19.5 Å². The predicted octanol–water partition coefficient (Wildman–Crippen LogP) is 1.05. The zero-order valence-corrected chi connectivity index (χ0v) is 12.2. The maximum Gasteiger partial charge on any atom is 0.174 e. The number of hydrogen-bond donors (Lipinski definition) is 1. The zero-order valence-electron chi connectivity index (χ0n) is 21.2. The Kier molecular flexibility index (Phi) is 1.34. The van der Waals surface area contributed by atoms with Gasteiger partial charge in [-0.1, -0.05) is 6.04 Å². The molecule has 5 heteroatoms. The highest BCUT2D eigenvalue weighted by molar-refractivity contribution is 5.90. The largest absolute Gasteiger partial charge is 0.493 e. The lowest BCUT2D eigenvalue weighted by Gasteiger charge is -2.62. The molecule has 1 N–H and O–H groups in total. The van der Waals surface area contributed by atoms with Crippen LogP contribution in [0.25, 0.3) is 0 Å². The Morgan fingerprint density at radius 2 is 2.48 bits per heavy atom. The first-order valence-electron chi connectivity index (χ1n) is 12.1. The van der Waals surface area contributed by atoms with Crippen molar-refractivity contribution in [3.8, 4) is 11.5 Å². The van der Waals surface area contributed by atoms with Gasteiger partial charge in [0.1, 0.15) is 0 Å². The van der Waals surface area contributed by atoms with E-state index in [1.165, 1.54) is 0 Å². The SMILES string of the molecule is [2H]c1c([2H])c(OC([2H])([2H])[2H])c2c3c1C[C@@]1([2H])N(C([2H])([2H])[2H])CC[C@@]34C(O2)C(=O)CC[C@]41O. The van der Waals surface area contributed by atoms with Crippen LogP contribution in [0.3, 0.4) is 0 Å². The number of rotatable bonds is 1. The topological polar surface area (TPSA) is 59.0 Å². The molecule has 1 spiro atoms. The van der Waals surface area contributed by atoms with Crippen LogP contribution < -0.4 is 9.47 Å². The summed E-state index contributed by atoms with van der Waals surface area (Å²) in [6.07, 6.45) is -2.07. The summed E-state index contributed by atoms with van der Waals surface area (Å²) in [5, 5.41) is 12.0. The van der Waals surface area contributed by atoms with Gasteiger partial charge in [0, 0.05) is 22.1 Å². The summed E-state index contributed by atoms with van der Waals surface area (Å²) in [7, 11) is -2.96. The molecule has 0 aromatic heterocycles. The summed E-state index contributed by atoms with van der Waals surface area (Å²) in [5.41, 5.74) is -3.25. The van der Waals surface area contributed by atoms with Gasteiger partial charge in [-0.3, -0.25) is 4.79 Å². The number of Topliss-reactive ketones (excluding diaryl/α,β-unsaturated/α-hetero) is 1. The minimum absolute atomic E-state index is 0.0527. The molecule has 1 unspecified atom stereocenters. The van der Waals surface area contributed by atoms with E-state index in [2.05, 4.69) is 0 Å². The van der Waals surface area contributed by atoms with Crippen molar-refractivity contribution in [1.82, 2.24) is 4.90 Å². The van der Waals surface area contributed by atoms with E-state index in [0.29, 0.717) is 0 Å². The molecule has 2 aliphatic carbocycles. The molecule has 1 saturated heterocycles. The maximum atomic E-state index is 12.9. The van der Waals surface area contributed by atoms with Gasteiger partial charge in [0.25, 0.3) is 0 Å². The van der Waals surface area contributed by atoms with E-state index in [-0.39, 0.29) is 48.5 Å². The maximum absolute atomic E-state index is 12.9. The highest BCUT2D eigenvalue weighted by atomic mass is 16.5. The van der Waals surface area contributed by atoms with Crippen molar-refractivity contribution in [2.75, 3.05) is 20.6 Å². The van der Waals surface area contributed by atoms with Gasteiger partial charge in [0.05, 0.1) is 26.3 Å². The quantitative estimate of drug-likeness (QED) is 0.837. The normalized spacial score (nSPS) is 50.6. The number of ketones is 1. The Morgan fingerprint density at radius 3 is 3.30 bits per heavy atom. The Morgan fingerprint density at radius 1 is 1.57 bits per heavy atom. The molecule has 4 aliphatic rings. The van der Waals surface area contributed by atoms with E-state index in [9.17, 15) is 11.3 Å². The lowest BCUT2D eigenvalue weighted by atomic mass is 9.49. The zero-order chi connectivity index (χ0) is 23.6. The molecule has 5 nitrogen and oxygen atoms in total. The van der Waals surface area contributed by atoms with Gasteiger partial charge in [0.2, 0.25) is 0 Å². The van der Waals surface area contributed by atoms with Crippen LogP contribution in [-0.4, -0.2) is 54.1 Å². The Hall–Kier alpha value is -1.59. The van der Waals surface area contributed by atoms with E-state index in [0.717, 1.165) is 4.90 Å². The molecule has 2 bridgehead atoms. The van der Waals surface area contributed by atoms with Gasteiger partial charge >= 0.3 is 0 Å². The summed E-state index contributed by atoms with van der Waals surface area (Å²) in [5.74, 6) is -1.06. The summed E-state index contributed by atoms with van der Waals surface area (Å²) in [6, 6.07) is -3.14. The molecule has 122 valence electrons. The van der Waals surface area contributed by atoms with Gasteiger partial charge in [-0.15, -0.1) is 0 Å². The smallest absolute Gasteiger partial charge is 0.174 e. The molecular weight excluding hydrogens is 294 g/mol. The van der Waals surface area contributed by atoms with Crippen molar-refractivity contribution in [2.24, 2.45) is 0 Å². The van der Waals surface area contributed by atoms with Gasteiger partial charge in [-0.05, 0) is 44.4 Å². The summed E-state index contributed by atoms with van der Waals surface area (Å²) in [6.45, 7) is -2.86. The second kappa shape index (κ2) is 4.08. The third-order valence-corrected chi connectivity index (χ3v) is 5.93. The van der Waals surface area contributed by atoms with Gasteiger partial charge in [-0.25, -0.2) is 0 Å². The van der Waals surface area contributed by atoms with Crippen LogP contribution in [0, 0.1) is 0 Å². The van der Waals surface area contributed by atoms with E-state index in [1.807, 2.05) is 0 Å². The Labute approximate surface area is 147 Å². The average molecular weight is 324 g/mol. The van der Waals surface area contributed by atoms with Crippen molar-refractivity contribution >= 4 is 5.78 Å². The summed E-state index contributed by atoms with van der Waals surface area (Å²) >= 11 is 0. The van der Waals surface area contributed by atoms with Crippen LogP contribution in [0.1, 0.15) is 42.7 Å². The van der Waals surface area contributed by atoms with E-state index in [4.69, 9.17) is 20.4 Å². The number of hydrogen-bond acceptors (Lipinski definition) is 5. The van der Waals surface area contributed by atoms with Crippen LogP contribution in [0.2, 0.25) is 0 Å². The number of piperidine rings is 1. The van der Waals surface area contributed by atoms with Gasteiger partial charge in [0.15, 0.2) is 23.4 Å². The first-order chi connectivity index (χ1) is 14.6. The third-order valence-electron chi connectivity index (χ3n) is 5.93. The van der Waals surface area contributed by atoms with Crippen LogP contribution >= 0.6 is 0 Å². The number of methoxy groups -OCH3 is 1. The van der Waals surface area contributed by atoms with E-state index < -0.39 is 61.4 Å². The Balaban J connectivity index is 1.86. The van der Waals surface area contributed by atoms with Crippen molar-refractivity contribution in [3.05, 3.63) is 23.2 Å². The highest BCUT2D eigenvalue weighted by Gasteiger charge is 2.72. The molecular formula is C18H21NO4. The fourth-order valence-electron chi connectivity index (χ4n) is 4.98. The second-order valence-electron chi connectivity index (χ2n) is 6.68. The van der Waals surface area contributed by atoms with Crippen LogP contribution in [0.15, 0.2) is 12.1 Å². The average Bonchev–Trinajstić information content (AvgIpc) is 2.98. The Bertz CT molecular complexity index is 1060. The fraction of sp³-hybridized carbons (Fsp3) is 0.611. The van der Waals surface area contributed by atoms with E-state index >= 15 is 0 Å². The van der Waals surface area contributed by atoms with Gasteiger partial charge in [-0.2, -0.15) is 0 Å². The van der Waals surface area contributed by atoms with Crippen molar-refractivity contribution in [2.45, 2.75) is 48.8 Å². The number of ether oxygens (including phenoxy) is 2. The minimum atomic E-state index is -2.96. The number of aliphatic hydroxyl groups is 1. The molecule has 2 aliphatic heterocycles. The van der Waals surface area contributed by atoms with Crippen LogP contribution in [0.5, 0.6) is 11.5 Å². The first kappa shape index (κ1) is 7.53. The standard InChI is InChI=1S/C18H21NO4/c1-19-8-7-17-14-10-3-4-12(22-2)15(14)23-16(17)11(20)5-6-18(17,21)13(19)9-10/h3-4,13,16,21H,5-9H2,1-2H3/t13-,16?,17+,18-/m1/s1/i1D3,2D3,3D,4D,13D. The minimum Gasteiger partial charge on any atom is -0.493 e. The number of carbonyl (C=O) groups is 1. The number of likely N-dealkylation sites (N-methyl/N-ethyl adjacent to an activating group) is 1.